The van der Waals surface area contributed by atoms with E-state index in [9.17, 15) is 0 Å². The molecule has 0 unspecified atom stereocenters. The van der Waals surface area contributed by atoms with Crippen LogP contribution in [-0.2, 0) is 11.3 Å². The average Bonchev–Trinajstić information content (AvgIpc) is 2.60. The molecule has 0 spiro atoms. The fourth-order valence-electron chi connectivity index (χ4n) is 2.42. The van der Waals surface area contributed by atoms with Crippen molar-refractivity contribution < 1.29 is 14.3 Å². The number of hydrogen-bond acceptors (Lipinski definition) is 4. The number of nitrogens with zero attached hydrogens (tertiary/aromatic N) is 1. The van der Waals surface area contributed by atoms with E-state index in [0.29, 0.717) is 19.8 Å². The van der Waals surface area contributed by atoms with Gasteiger partial charge in [0.2, 0.25) is 0 Å². The summed E-state index contributed by atoms with van der Waals surface area (Å²) >= 11 is 14.9. The first-order chi connectivity index (χ1) is 12.9. The van der Waals surface area contributed by atoms with Gasteiger partial charge in [0.05, 0.1) is 16.8 Å². The molecular weight excluding hydrogens is 453 g/mol. The third kappa shape index (κ3) is 9.22. The highest BCUT2D eigenvalue weighted by molar-refractivity contribution is 9.10. The van der Waals surface area contributed by atoms with Gasteiger partial charge in [-0.15, -0.1) is 0 Å². The van der Waals surface area contributed by atoms with E-state index in [0.717, 1.165) is 58.5 Å². The molecule has 1 rings (SSSR count). The second kappa shape index (κ2) is 13.3. The Morgan fingerprint density at radius 1 is 1.15 bits per heavy atom. The lowest BCUT2D eigenvalue weighted by atomic mass is 10.1. The van der Waals surface area contributed by atoms with Crippen molar-refractivity contribution in [2.75, 3.05) is 19.8 Å². The minimum Gasteiger partial charge on any atom is -0.493 e. The predicted octanol–water partition coefficient (Wildman–Crippen LogP) is 6.98. The Bertz CT molecular complexity index is 655. The third-order valence-electron chi connectivity index (χ3n) is 3.66. The van der Waals surface area contributed by atoms with Crippen LogP contribution in [0.15, 0.2) is 26.3 Å². The monoisotopic (exact) mass is 479 g/mol. The van der Waals surface area contributed by atoms with Gasteiger partial charge in [-0.3, -0.25) is 0 Å². The molecule has 0 saturated carbocycles. The lowest BCUT2D eigenvalue weighted by molar-refractivity contribution is 0.138. The van der Waals surface area contributed by atoms with Crippen LogP contribution in [0.2, 0.25) is 0 Å². The van der Waals surface area contributed by atoms with Crippen molar-refractivity contribution >= 4 is 44.8 Å². The van der Waals surface area contributed by atoms with E-state index >= 15 is 0 Å². The van der Waals surface area contributed by atoms with E-state index in [1.165, 1.54) is 0 Å². The van der Waals surface area contributed by atoms with Gasteiger partial charge >= 0.3 is 0 Å². The lowest BCUT2D eigenvalue weighted by Crippen LogP contribution is -2.05. The summed E-state index contributed by atoms with van der Waals surface area (Å²) in [5, 5.41) is 3.92. The molecule has 0 N–H and O–H groups in total. The second-order valence-corrected chi connectivity index (χ2v) is 8.05. The van der Waals surface area contributed by atoms with Gasteiger partial charge in [-0.1, -0.05) is 35.3 Å². The SMILES string of the molecule is CCc1c(Br)c(OCC=C(Cl)Cl)cc(C)c1OCCCCCON=C(C)C. The largest absolute Gasteiger partial charge is 0.493 e. The molecule has 1 aromatic rings. The molecule has 0 heterocycles. The Morgan fingerprint density at radius 3 is 2.48 bits per heavy atom. The number of halogens is 3. The average molecular weight is 481 g/mol. The normalized spacial score (nSPS) is 10.3. The molecule has 0 aliphatic carbocycles. The maximum atomic E-state index is 6.07. The third-order valence-corrected chi connectivity index (χ3v) is 4.84. The maximum Gasteiger partial charge on any atom is 0.134 e. The van der Waals surface area contributed by atoms with Gasteiger partial charge in [-0.05, 0) is 80.1 Å². The van der Waals surface area contributed by atoms with Crippen LogP contribution in [0.3, 0.4) is 0 Å². The molecule has 1 aromatic carbocycles. The highest BCUT2D eigenvalue weighted by Gasteiger charge is 2.15. The molecule has 0 bridgehead atoms. The van der Waals surface area contributed by atoms with Gasteiger partial charge in [0, 0.05) is 5.56 Å². The first-order valence-electron chi connectivity index (χ1n) is 9.08. The van der Waals surface area contributed by atoms with Crippen molar-refractivity contribution in [3.8, 4) is 11.5 Å². The van der Waals surface area contributed by atoms with Crippen molar-refractivity contribution in [1.82, 2.24) is 0 Å². The second-order valence-electron chi connectivity index (χ2n) is 6.25. The number of aryl methyl sites for hydroxylation is 1. The van der Waals surface area contributed by atoms with E-state index < -0.39 is 0 Å². The molecule has 0 aromatic heterocycles. The molecule has 0 aliphatic rings. The smallest absolute Gasteiger partial charge is 0.134 e. The first-order valence-corrected chi connectivity index (χ1v) is 10.6. The topological polar surface area (TPSA) is 40.0 Å². The summed E-state index contributed by atoms with van der Waals surface area (Å²) in [7, 11) is 0. The van der Waals surface area contributed by atoms with Crippen LogP contribution >= 0.6 is 39.1 Å². The Balaban J connectivity index is 2.58. The molecule has 27 heavy (non-hydrogen) atoms. The molecule has 0 aliphatic heterocycles. The molecule has 152 valence electrons. The van der Waals surface area contributed by atoms with Gasteiger partial charge in [0.25, 0.3) is 0 Å². The quantitative estimate of drug-likeness (QED) is 0.184. The number of rotatable bonds is 12. The number of unbranched alkanes of at least 4 members (excludes halogenated alkanes) is 2. The van der Waals surface area contributed by atoms with E-state index in [-0.39, 0.29) is 4.49 Å². The Kier molecular flexibility index (Phi) is 11.9. The van der Waals surface area contributed by atoms with Crippen molar-refractivity contribution in [3.63, 3.8) is 0 Å². The van der Waals surface area contributed by atoms with Gasteiger partial charge < -0.3 is 14.3 Å². The van der Waals surface area contributed by atoms with Crippen LogP contribution < -0.4 is 9.47 Å². The molecule has 0 saturated heterocycles. The molecule has 0 radical (unpaired) electrons. The fraction of sp³-hybridized carbons (Fsp3) is 0.550. The van der Waals surface area contributed by atoms with Gasteiger partial charge in [0.15, 0.2) is 0 Å². The summed E-state index contributed by atoms with van der Waals surface area (Å²) in [6.07, 6.45) is 5.41. The zero-order valence-corrected chi connectivity index (χ0v) is 19.5. The Morgan fingerprint density at radius 2 is 1.85 bits per heavy atom. The van der Waals surface area contributed by atoms with E-state index in [2.05, 4.69) is 28.0 Å². The van der Waals surface area contributed by atoms with Gasteiger partial charge in [-0.25, -0.2) is 0 Å². The zero-order valence-electron chi connectivity index (χ0n) is 16.4. The summed E-state index contributed by atoms with van der Waals surface area (Å²) in [5.41, 5.74) is 3.07. The Hall–Kier alpha value is -0.910. The van der Waals surface area contributed by atoms with E-state index in [1.807, 2.05) is 26.8 Å². The summed E-state index contributed by atoms with van der Waals surface area (Å²) in [5.74, 6) is 1.68. The molecule has 0 fully saturated rings. The highest BCUT2D eigenvalue weighted by atomic mass is 79.9. The predicted molar refractivity (Wildman–Crippen MR) is 118 cm³/mol. The fourth-order valence-corrected chi connectivity index (χ4v) is 3.24. The first kappa shape index (κ1) is 24.1. The molecular formula is C20H28BrCl2NO3. The van der Waals surface area contributed by atoms with Crippen LogP contribution in [0.5, 0.6) is 11.5 Å². The summed E-state index contributed by atoms with van der Waals surface area (Å²) in [6, 6.07) is 1.97. The maximum absolute atomic E-state index is 6.07. The van der Waals surface area contributed by atoms with Crippen LogP contribution in [0.1, 0.15) is 51.2 Å². The molecule has 4 nitrogen and oxygen atoms in total. The molecule has 0 atom stereocenters. The number of benzene rings is 1. The number of oxime groups is 1. The highest BCUT2D eigenvalue weighted by Crippen LogP contribution is 2.38. The van der Waals surface area contributed by atoms with E-state index in [1.54, 1.807) is 6.08 Å². The van der Waals surface area contributed by atoms with Gasteiger partial charge in [-0.2, -0.15) is 0 Å². The minimum absolute atomic E-state index is 0.195. The van der Waals surface area contributed by atoms with Crippen LogP contribution in [0.4, 0.5) is 0 Å². The lowest BCUT2D eigenvalue weighted by Gasteiger charge is -2.18. The van der Waals surface area contributed by atoms with Crippen molar-refractivity contribution in [3.05, 3.63) is 32.2 Å². The van der Waals surface area contributed by atoms with E-state index in [4.69, 9.17) is 37.5 Å². The number of hydrogen-bond donors (Lipinski definition) is 0. The summed E-state index contributed by atoms with van der Waals surface area (Å²) < 4.78 is 12.9. The van der Waals surface area contributed by atoms with Crippen LogP contribution in [0, 0.1) is 6.92 Å². The van der Waals surface area contributed by atoms with Crippen molar-refractivity contribution in [2.24, 2.45) is 5.16 Å². The number of ether oxygens (including phenoxy) is 2. The van der Waals surface area contributed by atoms with Crippen LogP contribution in [0.25, 0.3) is 0 Å². The van der Waals surface area contributed by atoms with Crippen molar-refractivity contribution in [2.45, 2.75) is 53.4 Å². The zero-order chi connectivity index (χ0) is 20.2. The van der Waals surface area contributed by atoms with Crippen LogP contribution in [-0.4, -0.2) is 25.5 Å². The molecule has 7 heteroatoms. The standard InChI is InChI=1S/C20H28BrCl2NO3/c1-5-16-19(21)17(25-12-9-18(22)23)13-15(4)20(16)26-10-7-6-8-11-27-24-14(2)3/h9,13H,5-8,10-12H2,1-4H3. The van der Waals surface area contributed by atoms with Crippen molar-refractivity contribution in [1.29, 1.82) is 0 Å². The molecule has 0 amide bonds. The summed E-state index contributed by atoms with van der Waals surface area (Å²) in [6.45, 7) is 9.58. The Labute approximate surface area is 181 Å². The van der Waals surface area contributed by atoms with Gasteiger partial charge in [0.1, 0.15) is 29.2 Å². The minimum atomic E-state index is 0.195. The summed E-state index contributed by atoms with van der Waals surface area (Å²) in [4.78, 5) is 5.20.